The highest BCUT2D eigenvalue weighted by Crippen LogP contribution is 2.30. The maximum absolute atomic E-state index is 6.11. The molecule has 0 aromatic heterocycles. The van der Waals surface area contributed by atoms with Gasteiger partial charge in [-0.05, 0) is 76.7 Å². The topological polar surface area (TPSA) is 24.1 Å². The molecular formula is C17H16BrClN2S. The van der Waals surface area contributed by atoms with Crippen LogP contribution in [0.15, 0.2) is 46.9 Å². The maximum atomic E-state index is 6.11. The molecule has 2 aromatic carbocycles. The van der Waals surface area contributed by atoms with Gasteiger partial charge in [-0.15, -0.1) is 0 Å². The van der Waals surface area contributed by atoms with Crippen LogP contribution in [0.2, 0.25) is 5.02 Å². The van der Waals surface area contributed by atoms with Crippen LogP contribution < -0.4 is 10.6 Å². The van der Waals surface area contributed by atoms with Crippen molar-refractivity contribution in [1.82, 2.24) is 5.32 Å². The third-order valence-corrected chi connectivity index (χ3v) is 5.30. The van der Waals surface area contributed by atoms with Crippen molar-refractivity contribution < 1.29 is 0 Å². The standard InChI is InChI=1S/C17H16BrClN2S/c18-14-9-8-12(10-15(14)19)20-17(22)21-16-7-3-5-11-4-1-2-6-13(11)16/h1-2,4,6,8-10,16H,3,5,7H2,(H2,20,21,22). The minimum Gasteiger partial charge on any atom is -0.356 e. The predicted molar refractivity (Wildman–Crippen MR) is 101 cm³/mol. The van der Waals surface area contributed by atoms with E-state index < -0.39 is 0 Å². The Bertz CT molecular complexity index is 705. The number of thiocarbonyl (C=S) groups is 1. The first-order chi connectivity index (χ1) is 10.6. The monoisotopic (exact) mass is 394 g/mol. The van der Waals surface area contributed by atoms with Gasteiger partial charge in [-0.25, -0.2) is 0 Å². The van der Waals surface area contributed by atoms with Crippen molar-refractivity contribution in [1.29, 1.82) is 0 Å². The lowest BCUT2D eigenvalue weighted by Crippen LogP contribution is -2.34. The fourth-order valence-corrected chi connectivity index (χ4v) is 3.49. The normalized spacial score (nSPS) is 16.7. The molecule has 1 aliphatic carbocycles. The highest BCUT2D eigenvalue weighted by Gasteiger charge is 2.20. The molecule has 0 fully saturated rings. The molecule has 0 bridgehead atoms. The first-order valence-corrected chi connectivity index (χ1v) is 8.82. The molecule has 0 amide bonds. The highest BCUT2D eigenvalue weighted by atomic mass is 79.9. The Morgan fingerprint density at radius 3 is 2.86 bits per heavy atom. The van der Waals surface area contributed by atoms with Gasteiger partial charge in [0.05, 0.1) is 11.1 Å². The summed E-state index contributed by atoms with van der Waals surface area (Å²) >= 11 is 14.9. The SMILES string of the molecule is S=C(Nc1ccc(Br)c(Cl)c1)NC1CCCc2ccccc21. The highest BCUT2D eigenvalue weighted by molar-refractivity contribution is 9.10. The molecule has 2 aromatic rings. The van der Waals surface area contributed by atoms with Crippen molar-refractivity contribution in [2.24, 2.45) is 0 Å². The Morgan fingerprint density at radius 2 is 2.05 bits per heavy atom. The third-order valence-electron chi connectivity index (χ3n) is 3.85. The van der Waals surface area contributed by atoms with E-state index in [1.165, 1.54) is 17.5 Å². The molecule has 0 aliphatic heterocycles. The second-order valence-electron chi connectivity index (χ2n) is 5.37. The predicted octanol–water partition coefficient (Wildman–Crippen LogP) is 5.47. The summed E-state index contributed by atoms with van der Waals surface area (Å²) in [7, 11) is 0. The quantitative estimate of drug-likeness (QED) is 0.660. The molecule has 114 valence electrons. The van der Waals surface area contributed by atoms with Crippen molar-refractivity contribution in [2.75, 3.05) is 5.32 Å². The minimum atomic E-state index is 0.274. The summed E-state index contributed by atoms with van der Waals surface area (Å²) in [5, 5.41) is 7.91. The van der Waals surface area contributed by atoms with Gasteiger partial charge in [-0.2, -0.15) is 0 Å². The van der Waals surface area contributed by atoms with Crippen molar-refractivity contribution >= 4 is 50.5 Å². The lowest BCUT2D eigenvalue weighted by molar-refractivity contribution is 0.529. The van der Waals surface area contributed by atoms with E-state index in [2.05, 4.69) is 50.8 Å². The summed E-state index contributed by atoms with van der Waals surface area (Å²) in [6.07, 6.45) is 3.43. The van der Waals surface area contributed by atoms with Gasteiger partial charge in [0.15, 0.2) is 5.11 Å². The fraction of sp³-hybridized carbons (Fsp3) is 0.235. The molecule has 0 radical (unpaired) electrons. The van der Waals surface area contributed by atoms with Crippen LogP contribution in [0, 0.1) is 0 Å². The molecule has 1 aliphatic rings. The summed E-state index contributed by atoms with van der Waals surface area (Å²) in [4.78, 5) is 0. The van der Waals surface area contributed by atoms with E-state index in [-0.39, 0.29) is 6.04 Å². The number of rotatable bonds is 2. The van der Waals surface area contributed by atoms with Gasteiger partial charge in [0, 0.05) is 10.2 Å². The van der Waals surface area contributed by atoms with Crippen molar-refractivity contribution in [3.63, 3.8) is 0 Å². The van der Waals surface area contributed by atoms with Crippen LogP contribution in [0.1, 0.15) is 30.0 Å². The molecule has 22 heavy (non-hydrogen) atoms. The van der Waals surface area contributed by atoms with E-state index in [1.54, 1.807) is 0 Å². The van der Waals surface area contributed by atoms with Crippen molar-refractivity contribution in [2.45, 2.75) is 25.3 Å². The zero-order valence-corrected chi connectivity index (χ0v) is 15.1. The number of anilines is 1. The summed E-state index contributed by atoms with van der Waals surface area (Å²) in [6, 6.07) is 14.6. The van der Waals surface area contributed by atoms with E-state index in [1.807, 2.05) is 18.2 Å². The van der Waals surface area contributed by atoms with Crippen molar-refractivity contribution in [3.8, 4) is 0 Å². The summed E-state index contributed by atoms with van der Waals surface area (Å²) in [5.41, 5.74) is 3.65. The molecule has 0 spiro atoms. The number of aryl methyl sites for hydroxylation is 1. The van der Waals surface area contributed by atoms with Gasteiger partial charge in [0.2, 0.25) is 0 Å². The van der Waals surface area contributed by atoms with E-state index in [4.69, 9.17) is 23.8 Å². The number of benzene rings is 2. The third kappa shape index (κ3) is 3.62. The average molecular weight is 396 g/mol. The van der Waals surface area contributed by atoms with Crippen molar-refractivity contribution in [3.05, 3.63) is 63.1 Å². The van der Waals surface area contributed by atoms with Crippen LogP contribution in [0.25, 0.3) is 0 Å². The molecule has 0 saturated carbocycles. The lowest BCUT2D eigenvalue weighted by Gasteiger charge is -2.27. The number of nitrogens with one attached hydrogen (secondary N) is 2. The zero-order chi connectivity index (χ0) is 15.5. The summed E-state index contributed by atoms with van der Waals surface area (Å²) in [6.45, 7) is 0. The second-order valence-corrected chi connectivity index (χ2v) is 7.04. The molecule has 2 nitrogen and oxygen atoms in total. The van der Waals surface area contributed by atoms with Crippen LogP contribution in [-0.4, -0.2) is 5.11 Å². The first-order valence-electron chi connectivity index (χ1n) is 7.24. The van der Waals surface area contributed by atoms with Gasteiger partial charge in [-0.3, -0.25) is 0 Å². The fourth-order valence-electron chi connectivity index (χ4n) is 2.80. The Kier molecular flexibility index (Phi) is 5.01. The van der Waals surface area contributed by atoms with Crippen LogP contribution in [-0.2, 0) is 6.42 Å². The molecule has 2 N–H and O–H groups in total. The number of fused-ring (bicyclic) bond motifs is 1. The summed E-state index contributed by atoms with van der Waals surface area (Å²) < 4.78 is 0.875. The Balaban J connectivity index is 1.69. The average Bonchev–Trinajstić information content (AvgIpc) is 2.51. The zero-order valence-electron chi connectivity index (χ0n) is 11.9. The number of halogens is 2. The Labute approximate surface area is 149 Å². The van der Waals surface area contributed by atoms with Gasteiger partial charge in [0.25, 0.3) is 0 Å². The molecule has 1 unspecified atom stereocenters. The van der Waals surface area contributed by atoms with E-state index in [0.717, 1.165) is 23.0 Å². The van der Waals surface area contributed by atoms with E-state index >= 15 is 0 Å². The van der Waals surface area contributed by atoms with E-state index in [0.29, 0.717) is 10.1 Å². The van der Waals surface area contributed by atoms with Gasteiger partial charge >= 0.3 is 0 Å². The minimum absolute atomic E-state index is 0.274. The smallest absolute Gasteiger partial charge is 0.171 e. The molecule has 0 heterocycles. The van der Waals surface area contributed by atoms with Gasteiger partial charge in [0.1, 0.15) is 0 Å². The lowest BCUT2D eigenvalue weighted by atomic mass is 9.88. The summed E-state index contributed by atoms with van der Waals surface area (Å²) in [5.74, 6) is 0. The number of hydrogen-bond donors (Lipinski definition) is 2. The van der Waals surface area contributed by atoms with Crippen LogP contribution in [0.3, 0.4) is 0 Å². The number of hydrogen-bond acceptors (Lipinski definition) is 1. The molecule has 0 saturated heterocycles. The largest absolute Gasteiger partial charge is 0.356 e. The van der Waals surface area contributed by atoms with Crippen LogP contribution in [0.5, 0.6) is 0 Å². The van der Waals surface area contributed by atoms with Gasteiger partial charge in [-0.1, -0.05) is 35.9 Å². The molecule has 1 atom stereocenters. The Morgan fingerprint density at radius 1 is 1.23 bits per heavy atom. The van der Waals surface area contributed by atoms with Gasteiger partial charge < -0.3 is 10.6 Å². The van der Waals surface area contributed by atoms with Crippen LogP contribution >= 0.6 is 39.7 Å². The maximum Gasteiger partial charge on any atom is 0.171 e. The molecule has 5 heteroatoms. The molecular weight excluding hydrogens is 380 g/mol. The molecule has 3 rings (SSSR count). The van der Waals surface area contributed by atoms with E-state index in [9.17, 15) is 0 Å². The Hall–Kier alpha value is -1.10. The van der Waals surface area contributed by atoms with Crippen LogP contribution in [0.4, 0.5) is 5.69 Å². The second kappa shape index (κ2) is 6.99. The first kappa shape index (κ1) is 15.8.